The van der Waals surface area contributed by atoms with E-state index in [1.54, 1.807) is 56.4 Å². The molecular formula is C49H78O16. The molecule has 0 saturated carbocycles. The topological polar surface area (TPSA) is 273 Å². The number of carboxylic acids is 1. The number of esters is 1. The van der Waals surface area contributed by atoms with E-state index in [9.17, 15) is 60.7 Å². The van der Waals surface area contributed by atoms with E-state index in [0.29, 0.717) is 6.42 Å². The predicted octanol–water partition coefficient (Wildman–Crippen LogP) is 3.69. The summed E-state index contributed by atoms with van der Waals surface area (Å²) in [6.07, 6.45) is 7.76. The molecule has 0 radical (unpaired) electrons. The lowest BCUT2D eigenvalue weighted by molar-refractivity contribution is -0.306. The molecule has 0 spiro atoms. The SMILES string of the molecule is C.CC1CC(O)C(O[C@H]2/C=C/C=C/C=C/C=C/C=C/C=C/C=C/[C@H](C)[C@@H](O)[C@@H](C)[C@H](C)OC(=O)C[C@H](O)C[C@H](O)CC[C@@H](O)[C@H](O)C[C@H](O)C[C@]3(O)C[C@H](O)[C@@H](C(=O)O)[C@H](C2)O3)OC1C. The lowest BCUT2D eigenvalue weighted by Crippen LogP contribution is -2.56. The number of allylic oxidation sites excluding steroid dienone is 12. The fourth-order valence-electron chi connectivity index (χ4n) is 8.03. The van der Waals surface area contributed by atoms with Crippen LogP contribution in [0.3, 0.4) is 0 Å². The van der Waals surface area contributed by atoms with E-state index in [-0.39, 0.29) is 51.0 Å². The van der Waals surface area contributed by atoms with Crippen molar-refractivity contribution in [3.63, 3.8) is 0 Å². The third-order valence-corrected chi connectivity index (χ3v) is 12.2. The van der Waals surface area contributed by atoms with E-state index >= 15 is 0 Å². The zero-order chi connectivity index (χ0) is 47.6. The number of carbonyl (C=O) groups excluding carboxylic acids is 1. The molecule has 370 valence electrons. The lowest BCUT2D eigenvalue weighted by Gasteiger charge is -2.45. The highest BCUT2D eigenvalue weighted by molar-refractivity contribution is 5.71. The Bertz CT molecular complexity index is 1620. The molecule has 3 rings (SSSR count). The van der Waals surface area contributed by atoms with Crippen molar-refractivity contribution in [1.82, 2.24) is 0 Å². The number of aliphatic carboxylic acids is 1. The maximum Gasteiger partial charge on any atom is 0.311 e. The van der Waals surface area contributed by atoms with E-state index in [2.05, 4.69) is 0 Å². The zero-order valence-corrected chi connectivity index (χ0v) is 37.7. The van der Waals surface area contributed by atoms with Gasteiger partial charge in [-0.15, -0.1) is 0 Å². The van der Waals surface area contributed by atoms with Crippen molar-refractivity contribution < 1.29 is 79.6 Å². The van der Waals surface area contributed by atoms with Gasteiger partial charge in [0, 0.05) is 37.5 Å². The predicted molar refractivity (Wildman–Crippen MR) is 244 cm³/mol. The van der Waals surface area contributed by atoms with Gasteiger partial charge in [-0.3, -0.25) is 9.59 Å². The molecule has 4 unspecified atom stereocenters. The van der Waals surface area contributed by atoms with Gasteiger partial charge in [-0.05, 0) is 45.4 Å². The second-order valence-corrected chi connectivity index (χ2v) is 17.8. The second kappa shape index (κ2) is 28.7. The summed E-state index contributed by atoms with van der Waals surface area (Å²) in [5.74, 6) is -6.56. The van der Waals surface area contributed by atoms with Gasteiger partial charge in [-0.1, -0.05) is 113 Å². The minimum absolute atomic E-state index is 0. The van der Waals surface area contributed by atoms with Gasteiger partial charge in [-0.25, -0.2) is 0 Å². The molecule has 2 saturated heterocycles. The zero-order valence-electron chi connectivity index (χ0n) is 37.7. The first-order valence-corrected chi connectivity index (χ1v) is 22.5. The number of rotatable bonds is 3. The molecule has 16 heteroatoms. The van der Waals surface area contributed by atoms with Gasteiger partial charge >= 0.3 is 11.9 Å². The molecule has 18 atom stereocenters. The third-order valence-electron chi connectivity index (χ3n) is 12.2. The molecule has 3 aliphatic heterocycles. The van der Waals surface area contributed by atoms with Crippen LogP contribution >= 0.6 is 0 Å². The summed E-state index contributed by atoms with van der Waals surface area (Å²) in [5, 5.41) is 108. The molecule has 3 aliphatic rings. The van der Waals surface area contributed by atoms with Gasteiger partial charge in [-0.2, -0.15) is 0 Å². The summed E-state index contributed by atoms with van der Waals surface area (Å²) in [5.41, 5.74) is 0. The van der Waals surface area contributed by atoms with E-state index < -0.39 is 129 Å². The number of hydrogen-bond donors (Lipinski definition) is 10. The standard InChI is InChI=1S/C48H74O16.CH4/c1-29-18-16-14-12-10-8-6-7-9-11-13-15-17-19-37(63-47-40(54)22-30(2)32(4)62-47)26-42-44(46(58)59)41(55)28-48(60,64-42)27-36(51)24-39(53)38(52)21-20-34(49)23-35(50)25-43(56)61-33(5)31(3)45(29)57;/h6-19,29-42,44-45,47,49-55,57,60H,20-28H2,1-5H3,(H,58,59);1H4/b7-6+,10-8+,11-9+,14-12+,15-13+,18-16+,19-17+;/t29-,30?,31-,32?,33-,34+,35+,36-,37-,38+,39+,40?,41-,42-,44+,45+,47?,48+;/m0./s1. The number of aliphatic hydroxyl groups excluding tert-OH is 8. The highest BCUT2D eigenvalue weighted by Crippen LogP contribution is 2.38. The fourth-order valence-corrected chi connectivity index (χ4v) is 8.03. The van der Waals surface area contributed by atoms with Crippen molar-refractivity contribution in [3.8, 4) is 0 Å². The fraction of sp³-hybridized carbons (Fsp3) is 0.673. The maximum atomic E-state index is 12.6. The van der Waals surface area contributed by atoms with Crippen LogP contribution < -0.4 is 0 Å². The molecule has 0 amide bonds. The number of aliphatic hydroxyl groups is 9. The average Bonchev–Trinajstić information content (AvgIpc) is 3.19. The Morgan fingerprint density at radius 2 is 1.22 bits per heavy atom. The van der Waals surface area contributed by atoms with Crippen LogP contribution in [0.5, 0.6) is 0 Å². The maximum absolute atomic E-state index is 12.6. The number of cyclic esters (lactones) is 1. The van der Waals surface area contributed by atoms with Gasteiger partial charge < -0.3 is 70.0 Å². The van der Waals surface area contributed by atoms with E-state index in [1.165, 1.54) is 0 Å². The Balaban J connectivity index is 0.0000145. The van der Waals surface area contributed by atoms with Crippen LogP contribution in [-0.2, 0) is 28.5 Å². The molecule has 0 aromatic rings. The van der Waals surface area contributed by atoms with Crippen LogP contribution in [0.1, 0.15) is 99.8 Å². The highest BCUT2D eigenvalue weighted by atomic mass is 16.7. The Hall–Kier alpha value is -3.36. The quantitative estimate of drug-likeness (QED) is 0.181. The molecular weight excluding hydrogens is 845 g/mol. The monoisotopic (exact) mass is 923 g/mol. The third kappa shape index (κ3) is 20.2. The van der Waals surface area contributed by atoms with Gasteiger partial charge in [0.15, 0.2) is 12.1 Å². The van der Waals surface area contributed by atoms with Gasteiger partial charge in [0.1, 0.15) is 18.1 Å². The van der Waals surface area contributed by atoms with Crippen LogP contribution in [0.25, 0.3) is 0 Å². The van der Waals surface area contributed by atoms with Crippen molar-refractivity contribution in [2.24, 2.45) is 23.7 Å². The van der Waals surface area contributed by atoms with Crippen molar-refractivity contribution in [1.29, 1.82) is 0 Å². The molecule has 2 bridgehead atoms. The van der Waals surface area contributed by atoms with Crippen molar-refractivity contribution in [3.05, 3.63) is 85.1 Å². The number of carboxylic acid groups (broad SMARTS) is 1. The number of fused-ring (bicyclic) bond motifs is 2. The molecule has 16 nitrogen and oxygen atoms in total. The average molecular weight is 923 g/mol. The summed E-state index contributed by atoms with van der Waals surface area (Å²) < 4.78 is 23.6. The lowest BCUT2D eigenvalue weighted by atomic mass is 9.82. The van der Waals surface area contributed by atoms with E-state index in [0.717, 1.165) is 0 Å². The molecule has 0 aromatic carbocycles. The van der Waals surface area contributed by atoms with Crippen LogP contribution in [0, 0.1) is 23.7 Å². The van der Waals surface area contributed by atoms with Crippen molar-refractivity contribution in [2.75, 3.05) is 0 Å². The van der Waals surface area contributed by atoms with Crippen LogP contribution in [0.2, 0.25) is 0 Å². The molecule has 10 N–H and O–H groups in total. The molecule has 3 heterocycles. The summed E-state index contributed by atoms with van der Waals surface area (Å²) >= 11 is 0. The summed E-state index contributed by atoms with van der Waals surface area (Å²) in [6, 6.07) is 0. The Labute approximate surface area is 384 Å². The highest BCUT2D eigenvalue weighted by Gasteiger charge is 2.50. The van der Waals surface area contributed by atoms with Gasteiger partial charge in [0.25, 0.3) is 0 Å². The second-order valence-electron chi connectivity index (χ2n) is 17.8. The normalized spacial score (nSPS) is 44.2. The summed E-state index contributed by atoms with van der Waals surface area (Å²) in [6.45, 7) is 9.03. The largest absolute Gasteiger partial charge is 0.481 e. The molecule has 0 aliphatic carbocycles. The van der Waals surface area contributed by atoms with Crippen LogP contribution in [0.4, 0.5) is 0 Å². The first-order chi connectivity index (χ1) is 30.2. The molecule has 0 aromatic heterocycles. The summed E-state index contributed by atoms with van der Waals surface area (Å²) in [4.78, 5) is 25.1. The van der Waals surface area contributed by atoms with E-state index in [4.69, 9.17) is 18.9 Å². The Kier molecular flexibility index (Phi) is 25.5. The van der Waals surface area contributed by atoms with Gasteiger partial charge in [0.2, 0.25) is 0 Å². The smallest absolute Gasteiger partial charge is 0.311 e. The number of hydrogen-bond acceptors (Lipinski definition) is 15. The Morgan fingerprint density at radius 3 is 1.80 bits per heavy atom. The first-order valence-electron chi connectivity index (χ1n) is 22.5. The van der Waals surface area contributed by atoms with Gasteiger partial charge in [0.05, 0.1) is 67.5 Å². The minimum Gasteiger partial charge on any atom is -0.481 e. The minimum atomic E-state index is -2.27. The van der Waals surface area contributed by atoms with Crippen molar-refractivity contribution in [2.45, 2.75) is 185 Å². The van der Waals surface area contributed by atoms with Crippen molar-refractivity contribution >= 4 is 11.9 Å². The Morgan fingerprint density at radius 1 is 0.646 bits per heavy atom. The molecule has 2 fully saturated rings. The van der Waals surface area contributed by atoms with Crippen LogP contribution in [-0.4, -0.2) is 148 Å². The summed E-state index contributed by atoms with van der Waals surface area (Å²) in [7, 11) is 0. The van der Waals surface area contributed by atoms with E-state index in [1.807, 2.05) is 63.3 Å². The molecule has 65 heavy (non-hydrogen) atoms. The van der Waals surface area contributed by atoms with Crippen LogP contribution in [0.15, 0.2) is 85.1 Å². The number of carbonyl (C=O) groups is 2. The number of ether oxygens (including phenoxy) is 4. The first kappa shape index (κ1) is 57.8.